The number of benzene rings is 2. The summed E-state index contributed by atoms with van der Waals surface area (Å²) >= 11 is 6.34. The molecule has 1 unspecified atom stereocenters. The van der Waals surface area contributed by atoms with E-state index in [-0.39, 0.29) is 24.2 Å². The minimum Gasteiger partial charge on any atom is -0.497 e. The number of carbonyl (C=O) groups excluding carboxylic acids is 2. The van der Waals surface area contributed by atoms with Gasteiger partial charge in [-0.3, -0.25) is 14.6 Å². The Kier molecular flexibility index (Phi) is 7.76. The molecule has 2 atom stereocenters. The molecule has 1 aromatic heterocycles. The van der Waals surface area contributed by atoms with Gasteiger partial charge in [-0.05, 0) is 48.2 Å². The van der Waals surface area contributed by atoms with Gasteiger partial charge in [0.25, 0.3) is 0 Å². The zero-order chi connectivity index (χ0) is 23.9. The first-order valence-corrected chi connectivity index (χ1v) is 11.7. The summed E-state index contributed by atoms with van der Waals surface area (Å²) in [5, 5.41) is 0.353. The fraction of sp³-hybridized carbons (Fsp3) is 0.250. The van der Waals surface area contributed by atoms with Crippen LogP contribution in [0.2, 0.25) is 5.02 Å². The van der Waals surface area contributed by atoms with Crippen LogP contribution < -0.4 is 4.74 Å². The summed E-state index contributed by atoms with van der Waals surface area (Å²) in [5.41, 5.74) is 2.37. The maximum atomic E-state index is 13.9. The summed E-state index contributed by atoms with van der Waals surface area (Å²) in [6, 6.07) is 18.6. The summed E-state index contributed by atoms with van der Waals surface area (Å²) in [5.74, 6) is -0.197. The molecule has 34 heavy (non-hydrogen) atoms. The Hall–Kier alpha value is -3.44. The van der Waals surface area contributed by atoms with Crippen molar-refractivity contribution >= 4 is 23.3 Å². The molecule has 0 spiro atoms. The zero-order valence-corrected chi connectivity index (χ0v) is 19.8. The molecule has 1 aliphatic heterocycles. The molecule has 6 heteroatoms. The van der Waals surface area contributed by atoms with Crippen LogP contribution in [-0.4, -0.2) is 35.2 Å². The van der Waals surface area contributed by atoms with Crippen LogP contribution in [0.25, 0.3) is 0 Å². The molecule has 1 aliphatic rings. The van der Waals surface area contributed by atoms with Crippen LogP contribution in [0.4, 0.5) is 0 Å². The Morgan fingerprint density at radius 2 is 1.94 bits per heavy atom. The lowest BCUT2D eigenvalue weighted by molar-refractivity contribution is -0.137. The smallest absolute Gasteiger partial charge is 0.227 e. The average Bonchev–Trinajstić information content (AvgIpc) is 2.89. The first kappa shape index (κ1) is 23.7. The van der Waals surface area contributed by atoms with E-state index in [2.05, 4.69) is 11.1 Å². The van der Waals surface area contributed by atoms with Crippen LogP contribution in [0, 0.1) is 5.92 Å². The van der Waals surface area contributed by atoms with Crippen molar-refractivity contribution in [3.05, 3.63) is 107 Å². The number of amides is 1. The number of nitrogens with zero attached hydrogens (tertiary/aromatic N) is 2. The summed E-state index contributed by atoms with van der Waals surface area (Å²) in [4.78, 5) is 33.4. The van der Waals surface area contributed by atoms with Crippen LogP contribution in [0.15, 0.2) is 85.2 Å². The third-order valence-electron chi connectivity index (χ3n) is 6.14. The second-order valence-electron chi connectivity index (χ2n) is 8.36. The number of Topliss-reactive ketones (excluding diaryl/α,β-unsaturated/α-hetero) is 1. The lowest BCUT2D eigenvalue weighted by Crippen LogP contribution is -2.42. The van der Waals surface area contributed by atoms with Crippen molar-refractivity contribution in [2.45, 2.75) is 25.3 Å². The predicted molar refractivity (Wildman–Crippen MR) is 133 cm³/mol. The van der Waals surface area contributed by atoms with E-state index in [1.807, 2.05) is 53.4 Å². The number of rotatable bonds is 8. The normalized spacial score (nSPS) is 16.2. The number of hydrogen-bond donors (Lipinski definition) is 0. The molecule has 4 rings (SSSR count). The molecule has 5 nitrogen and oxygen atoms in total. The molecule has 0 radical (unpaired) electrons. The van der Waals surface area contributed by atoms with Gasteiger partial charge in [0.05, 0.1) is 18.2 Å². The molecule has 0 aliphatic carbocycles. The van der Waals surface area contributed by atoms with Crippen molar-refractivity contribution in [2.24, 2.45) is 5.92 Å². The van der Waals surface area contributed by atoms with Crippen molar-refractivity contribution in [3.63, 3.8) is 0 Å². The highest BCUT2D eigenvalue weighted by Crippen LogP contribution is 2.31. The average molecular weight is 475 g/mol. The van der Waals surface area contributed by atoms with Crippen molar-refractivity contribution in [1.82, 2.24) is 9.88 Å². The first-order valence-electron chi connectivity index (χ1n) is 11.3. The maximum absolute atomic E-state index is 13.9. The van der Waals surface area contributed by atoms with Gasteiger partial charge in [-0.1, -0.05) is 60.2 Å². The van der Waals surface area contributed by atoms with Crippen LogP contribution in [0.5, 0.6) is 5.75 Å². The van der Waals surface area contributed by atoms with E-state index >= 15 is 0 Å². The Bertz CT molecular complexity index is 1160. The summed E-state index contributed by atoms with van der Waals surface area (Å²) in [6.45, 7) is 0.498. The Morgan fingerprint density at radius 3 is 2.68 bits per heavy atom. The van der Waals surface area contributed by atoms with Crippen molar-refractivity contribution in [2.75, 3.05) is 13.7 Å². The van der Waals surface area contributed by atoms with Crippen LogP contribution in [-0.2, 0) is 11.2 Å². The Balaban J connectivity index is 1.63. The quantitative estimate of drug-likeness (QED) is 0.310. The molecular weight excluding hydrogens is 448 g/mol. The van der Waals surface area contributed by atoms with E-state index in [1.54, 1.807) is 37.7 Å². The molecule has 1 amide bonds. The SMILES string of the molecule is COc1ccc(Cl)c(C(=O)C[C@H](Cc2ccccc2)C(=O)N2CC=CCC2c2cccnc2)c1. The number of ketones is 1. The van der Waals surface area contributed by atoms with E-state index in [4.69, 9.17) is 16.3 Å². The van der Waals surface area contributed by atoms with Gasteiger partial charge in [0, 0.05) is 36.8 Å². The number of halogens is 1. The second kappa shape index (κ2) is 11.1. The van der Waals surface area contributed by atoms with Gasteiger partial charge in [-0.15, -0.1) is 0 Å². The molecule has 174 valence electrons. The summed E-state index contributed by atoms with van der Waals surface area (Å²) < 4.78 is 5.27. The van der Waals surface area contributed by atoms with Crippen LogP contribution in [0.3, 0.4) is 0 Å². The summed E-state index contributed by atoms with van der Waals surface area (Å²) in [7, 11) is 1.54. The predicted octanol–water partition coefficient (Wildman–Crippen LogP) is 5.71. The molecule has 0 bridgehead atoms. The number of ether oxygens (including phenoxy) is 1. The highest BCUT2D eigenvalue weighted by atomic mass is 35.5. The van der Waals surface area contributed by atoms with Crippen LogP contribution >= 0.6 is 11.6 Å². The monoisotopic (exact) mass is 474 g/mol. The Labute approximate surface area is 205 Å². The molecule has 0 saturated heterocycles. The lowest BCUT2D eigenvalue weighted by atomic mass is 9.89. The van der Waals surface area contributed by atoms with Gasteiger partial charge >= 0.3 is 0 Å². The third kappa shape index (κ3) is 5.54. The summed E-state index contributed by atoms with van der Waals surface area (Å²) in [6.07, 6.45) is 8.86. The molecule has 2 heterocycles. The minimum atomic E-state index is -0.525. The molecular formula is C28H27ClN2O3. The second-order valence-corrected chi connectivity index (χ2v) is 8.77. The van der Waals surface area contributed by atoms with Crippen molar-refractivity contribution in [3.8, 4) is 5.75 Å². The highest BCUT2D eigenvalue weighted by Gasteiger charge is 2.33. The largest absolute Gasteiger partial charge is 0.497 e. The fourth-order valence-corrected chi connectivity index (χ4v) is 4.58. The Morgan fingerprint density at radius 1 is 1.12 bits per heavy atom. The molecule has 0 N–H and O–H groups in total. The molecule has 0 saturated carbocycles. The van der Waals surface area contributed by atoms with E-state index in [0.29, 0.717) is 35.7 Å². The highest BCUT2D eigenvalue weighted by molar-refractivity contribution is 6.34. The van der Waals surface area contributed by atoms with E-state index in [1.165, 1.54) is 0 Å². The standard InChI is InChI=1S/C28H27ClN2O3/c1-34-23-12-13-25(29)24(18-23)27(32)17-22(16-20-8-3-2-4-9-20)28(33)31-15-6-5-11-26(31)21-10-7-14-30-19-21/h2-10,12-14,18-19,22,26H,11,15-17H2,1H3/t22-,26?/m0/s1. The maximum Gasteiger partial charge on any atom is 0.227 e. The molecule has 3 aromatic rings. The first-order chi connectivity index (χ1) is 16.6. The number of carbonyl (C=O) groups is 2. The lowest BCUT2D eigenvalue weighted by Gasteiger charge is -2.35. The number of hydrogen-bond acceptors (Lipinski definition) is 4. The zero-order valence-electron chi connectivity index (χ0n) is 19.1. The third-order valence-corrected chi connectivity index (χ3v) is 6.47. The fourth-order valence-electron chi connectivity index (χ4n) is 4.36. The molecule has 0 fully saturated rings. The van der Waals surface area contributed by atoms with Gasteiger partial charge in [0.1, 0.15) is 5.75 Å². The van der Waals surface area contributed by atoms with Gasteiger partial charge in [-0.2, -0.15) is 0 Å². The topological polar surface area (TPSA) is 59.5 Å². The van der Waals surface area contributed by atoms with E-state index in [9.17, 15) is 9.59 Å². The van der Waals surface area contributed by atoms with Crippen molar-refractivity contribution in [1.29, 1.82) is 0 Å². The van der Waals surface area contributed by atoms with Gasteiger partial charge < -0.3 is 9.64 Å². The number of pyridine rings is 1. The molecule has 2 aromatic carbocycles. The van der Waals surface area contributed by atoms with Gasteiger partial charge in [-0.25, -0.2) is 0 Å². The van der Waals surface area contributed by atoms with Gasteiger partial charge in [0.15, 0.2) is 5.78 Å². The number of aromatic nitrogens is 1. The van der Waals surface area contributed by atoms with E-state index in [0.717, 1.165) is 11.1 Å². The number of methoxy groups -OCH3 is 1. The van der Waals surface area contributed by atoms with E-state index < -0.39 is 5.92 Å². The van der Waals surface area contributed by atoms with Crippen LogP contribution in [0.1, 0.15) is 40.4 Å². The van der Waals surface area contributed by atoms with Crippen molar-refractivity contribution < 1.29 is 14.3 Å². The van der Waals surface area contributed by atoms with Gasteiger partial charge in [0.2, 0.25) is 5.91 Å². The minimum absolute atomic E-state index is 0.0468.